The molecule has 0 saturated heterocycles. The Kier molecular flexibility index (Phi) is 9.76. The maximum atomic E-state index is 13.8. The van der Waals surface area contributed by atoms with Gasteiger partial charge in [0.25, 0.3) is 0 Å². The lowest BCUT2D eigenvalue weighted by Gasteiger charge is -2.27. The Morgan fingerprint density at radius 2 is 1.85 bits per heavy atom. The highest BCUT2D eigenvalue weighted by atomic mass is 35.5. The number of carbonyl (C=O) groups is 3. The van der Waals surface area contributed by atoms with E-state index < -0.39 is 55.0 Å². The second kappa shape index (κ2) is 12.8. The van der Waals surface area contributed by atoms with Crippen LogP contribution in [-0.4, -0.2) is 56.3 Å². The van der Waals surface area contributed by atoms with E-state index in [-0.39, 0.29) is 28.9 Å². The summed E-state index contributed by atoms with van der Waals surface area (Å²) in [5.74, 6) is -3.50. The minimum atomic E-state index is -4.56. The Morgan fingerprint density at radius 3 is 2.48 bits per heavy atom. The van der Waals surface area contributed by atoms with Crippen molar-refractivity contribution in [1.82, 2.24) is 10.6 Å². The molecule has 0 saturated carbocycles. The summed E-state index contributed by atoms with van der Waals surface area (Å²) in [5.41, 5.74) is 12.1. The number of ether oxygens (including phenoxy) is 1. The maximum Gasteiger partial charge on any atom is 0.414 e. The molecule has 3 rings (SSSR count). The highest BCUT2D eigenvalue weighted by Crippen LogP contribution is 2.41. The first-order chi connectivity index (χ1) is 18.8. The highest BCUT2D eigenvalue weighted by molar-refractivity contribution is 6.39. The number of benzene rings is 2. The van der Waals surface area contributed by atoms with E-state index in [1.807, 2.05) is 0 Å². The van der Waals surface area contributed by atoms with Crippen LogP contribution in [0.25, 0.3) is 0 Å². The standard InChI is InChI=1S/C24H26ClF4N7O4/c1-32-10-12-2-4-14-17(8-12)36(23(39)40-7-6-24(27,28)29)18(11-33-22(30)31)19(14)35-21(38)20(37)34-13-3-5-15(25)16(26)9-13/h2-5,8-9,18-19,32H,6-7,10-11H2,1H3,(H,34,37)(H,35,38)(H4,30,31,33)/t18-,19+/m1/s1. The van der Waals surface area contributed by atoms with E-state index in [4.69, 9.17) is 27.8 Å². The molecule has 16 heteroatoms. The minimum Gasteiger partial charge on any atom is -0.449 e. The van der Waals surface area contributed by atoms with Crippen molar-refractivity contribution in [2.45, 2.75) is 31.2 Å². The Hall–Kier alpha value is -4.11. The van der Waals surface area contributed by atoms with Gasteiger partial charge in [0.1, 0.15) is 12.4 Å². The molecule has 1 heterocycles. The fourth-order valence-electron chi connectivity index (χ4n) is 4.00. The minimum absolute atomic E-state index is 0.0440. The van der Waals surface area contributed by atoms with Crippen LogP contribution in [0.1, 0.15) is 23.6 Å². The second-order valence-corrected chi connectivity index (χ2v) is 9.05. The predicted molar refractivity (Wildman–Crippen MR) is 139 cm³/mol. The Morgan fingerprint density at radius 1 is 1.12 bits per heavy atom. The number of nitrogens with one attached hydrogen (secondary N) is 3. The Balaban J connectivity index is 1.93. The quantitative estimate of drug-likeness (QED) is 0.137. The van der Waals surface area contributed by atoms with E-state index in [0.29, 0.717) is 17.7 Å². The van der Waals surface area contributed by atoms with Crippen LogP contribution >= 0.6 is 11.6 Å². The van der Waals surface area contributed by atoms with Crippen molar-refractivity contribution < 1.29 is 36.7 Å². The van der Waals surface area contributed by atoms with Crippen LogP contribution in [0.4, 0.5) is 33.7 Å². The molecule has 1 aliphatic rings. The van der Waals surface area contributed by atoms with Gasteiger partial charge in [0.2, 0.25) is 0 Å². The Labute approximate surface area is 230 Å². The predicted octanol–water partition coefficient (Wildman–Crippen LogP) is 2.55. The van der Waals surface area contributed by atoms with Crippen LogP contribution in [0.2, 0.25) is 5.02 Å². The summed E-state index contributed by atoms with van der Waals surface area (Å²) in [6, 6.07) is 6.08. The number of aliphatic imine (C=N–C) groups is 1. The van der Waals surface area contributed by atoms with Crippen molar-refractivity contribution in [2.24, 2.45) is 16.5 Å². The number of hydrogen-bond acceptors (Lipinski definition) is 6. The number of anilines is 2. The van der Waals surface area contributed by atoms with Gasteiger partial charge < -0.3 is 32.2 Å². The average molecular weight is 588 g/mol. The van der Waals surface area contributed by atoms with Crippen LogP contribution in [0.5, 0.6) is 0 Å². The van der Waals surface area contributed by atoms with Gasteiger partial charge in [-0.3, -0.25) is 19.5 Å². The summed E-state index contributed by atoms with van der Waals surface area (Å²) in [4.78, 5) is 43.5. The van der Waals surface area contributed by atoms with Gasteiger partial charge in [0.05, 0.1) is 35.8 Å². The van der Waals surface area contributed by atoms with Crippen molar-refractivity contribution in [3.8, 4) is 0 Å². The maximum absolute atomic E-state index is 13.8. The number of halogens is 5. The van der Waals surface area contributed by atoms with Gasteiger partial charge in [-0.2, -0.15) is 13.2 Å². The molecule has 0 unspecified atom stereocenters. The number of hydrogen-bond donors (Lipinski definition) is 5. The van der Waals surface area contributed by atoms with Gasteiger partial charge in [0.15, 0.2) is 5.96 Å². The van der Waals surface area contributed by atoms with Crippen LogP contribution in [0, 0.1) is 5.82 Å². The Bertz CT molecular complexity index is 1300. The van der Waals surface area contributed by atoms with E-state index in [2.05, 4.69) is 20.9 Å². The van der Waals surface area contributed by atoms with E-state index in [1.54, 1.807) is 25.2 Å². The monoisotopic (exact) mass is 587 g/mol. The molecule has 11 nitrogen and oxygen atoms in total. The molecule has 0 spiro atoms. The third-order valence-electron chi connectivity index (χ3n) is 5.73. The summed E-state index contributed by atoms with van der Waals surface area (Å²) < 4.78 is 56.6. The first kappa shape index (κ1) is 30.4. The third kappa shape index (κ3) is 7.72. The number of fused-ring (bicyclic) bond motifs is 1. The number of rotatable bonds is 8. The van der Waals surface area contributed by atoms with E-state index >= 15 is 0 Å². The molecule has 0 aliphatic carbocycles. The zero-order valence-corrected chi connectivity index (χ0v) is 21.8. The van der Waals surface area contributed by atoms with E-state index in [9.17, 15) is 31.9 Å². The molecule has 1 aliphatic heterocycles. The molecule has 0 fully saturated rings. The number of carbonyl (C=O) groups excluding carboxylic acids is 3. The molecule has 2 aromatic rings. The molecular formula is C24H26ClF4N7O4. The number of amides is 3. The number of nitrogens with zero attached hydrogens (tertiary/aromatic N) is 2. The normalized spacial score (nSPS) is 16.2. The fourth-order valence-corrected chi connectivity index (χ4v) is 4.11. The second-order valence-electron chi connectivity index (χ2n) is 8.64. The first-order valence-electron chi connectivity index (χ1n) is 11.7. The number of nitrogens with two attached hydrogens (primary N) is 2. The molecule has 40 heavy (non-hydrogen) atoms. The lowest BCUT2D eigenvalue weighted by atomic mass is 10.0. The van der Waals surface area contributed by atoms with Gasteiger partial charge in [-0.15, -0.1) is 0 Å². The largest absolute Gasteiger partial charge is 0.449 e. The van der Waals surface area contributed by atoms with Gasteiger partial charge in [-0.05, 0) is 36.9 Å². The van der Waals surface area contributed by atoms with Crippen LogP contribution < -0.4 is 32.3 Å². The van der Waals surface area contributed by atoms with Gasteiger partial charge in [-0.1, -0.05) is 23.7 Å². The SMILES string of the molecule is CNCc1ccc2c(c1)N(C(=O)OCCC(F)(F)F)[C@H](CN=C(N)N)[C@H]2NC(=O)C(=O)Nc1ccc(Cl)c(F)c1. The van der Waals surface area contributed by atoms with Gasteiger partial charge in [0, 0.05) is 17.8 Å². The summed E-state index contributed by atoms with van der Waals surface area (Å²) in [6.07, 6.45) is -7.07. The van der Waals surface area contributed by atoms with Crippen molar-refractivity contribution >= 4 is 46.8 Å². The molecule has 0 aromatic heterocycles. The zero-order chi connectivity index (χ0) is 29.6. The van der Waals surface area contributed by atoms with E-state index in [1.165, 1.54) is 12.1 Å². The molecule has 0 radical (unpaired) electrons. The average Bonchev–Trinajstić information content (AvgIpc) is 3.16. The summed E-state index contributed by atoms with van der Waals surface area (Å²) in [5, 5.41) is 7.49. The van der Waals surface area contributed by atoms with Crippen molar-refractivity contribution in [1.29, 1.82) is 0 Å². The van der Waals surface area contributed by atoms with Crippen molar-refractivity contribution in [3.63, 3.8) is 0 Å². The van der Waals surface area contributed by atoms with Crippen LogP contribution in [0.3, 0.4) is 0 Å². The topological polar surface area (TPSA) is 164 Å². The number of alkyl halides is 3. The molecular weight excluding hydrogens is 562 g/mol. The summed E-state index contributed by atoms with van der Waals surface area (Å²) in [7, 11) is 1.69. The first-order valence-corrected chi connectivity index (χ1v) is 12.1. The molecule has 2 aromatic carbocycles. The van der Waals surface area contributed by atoms with Crippen LogP contribution in [-0.2, 0) is 20.9 Å². The van der Waals surface area contributed by atoms with E-state index in [0.717, 1.165) is 11.0 Å². The van der Waals surface area contributed by atoms with Gasteiger partial charge >= 0.3 is 24.1 Å². The van der Waals surface area contributed by atoms with Crippen LogP contribution in [0.15, 0.2) is 41.4 Å². The molecule has 0 bridgehead atoms. The smallest absolute Gasteiger partial charge is 0.414 e. The summed E-state index contributed by atoms with van der Waals surface area (Å²) in [6.45, 7) is -0.877. The van der Waals surface area contributed by atoms with Gasteiger partial charge in [-0.25, -0.2) is 9.18 Å². The van der Waals surface area contributed by atoms with Crippen molar-refractivity contribution in [3.05, 3.63) is 58.4 Å². The third-order valence-corrected chi connectivity index (χ3v) is 6.03. The highest BCUT2D eigenvalue weighted by Gasteiger charge is 2.44. The fraction of sp³-hybridized carbons (Fsp3) is 0.333. The molecule has 3 amide bonds. The molecule has 2 atom stereocenters. The molecule has 216 valence electrons. The lowest BCUT2D eigenvalue weighted by molar-refractivity contribution is -0.141. The summed E-state index contributed by atoms with van der Waals surface area (Å²) >= 11 is 5.64. The number of guanidine groups is 1. The molecule has 7 N–H and O–H groups in total. The van der Waals surface area contributed by atoms with Crippen molar-refractivity contribution in [2.75, 3.05) is 30.4 Å². The lowest BCUT2D eigenvalue weighted by Crippen LogP contribution is -2.48. The zero-order valence-electron chi connectivity index (χ0n) is 21.0.